The van der Waals surface area contributed by atoms with E-state index in [0.29, 0.717) is 22.5 Å². The van der Waals surface area contributed by atoms with Gasteiger partial charge in [-0.2, -0.15) is 0 Å². The number of benzene rings is 2. The molecule has 2 aromatic carbocycles. The van der Waals surface area contributed by atoms with Gasteiger partial charge in [-0.15, -0.1) is 0 Å². The zero-order valence-corrected chi connectivity index (χ0v) is 16.3. The molecule has 148 valence electrons. The van der Waals surface area contributed by atoms with Crippen LogP contribution in [-0.2, 0) is 0 Å². The number of aromatic nitrogens is 1. The van der Waals surface area contributed by atoms with Gasteiger partial charge in [0.2, 0.25) is 0 Å². The van der Waals surface area contributed by atoms with Crippen molar-refractivity contribution >= 4 is 22.6 Å². The fourth-order valence-electron chi connectivity index (χ4n) is 4.59. The molecule has 1 atom stereocenters. The predicted molar refractivity (Wildman–Crippen MR) is 110 cm³/mol. The molecule has 2 aliphatic heterocycles. The lowest BCUT2D eigenvalue weighted by Crippen LogP contribution is -2.32. The second kappa shape index (κ2) is 6.81. The van der Waals surface area contributed by atoms with Crippen molar-refractivity contribution in [3.8, 4) is 11.3 Å². The summed E-state index contributed by atoms with van der Waals surface area (Å²) in [7, 11) is 0. The molecular formula is C23H22FN3O2. The van der Waals surface area contributed by atoms with Crippen LogP contribution < -0.4 is 5.32 Å². The van der Waals surface area contributed by atoms with E-state index < -0.39 is 0 Å². The van der Waals surface area contributed by atoms with Gasteiger partial charge >= 0.3 is 0 Å². The Hall–Kier alpha value is -2.99. The van der Waals surface area contributed by atoms with E-state index >= 15 is 0 Å². The van der Waals surface area contributed by atoms with Crippen molar-refractivity contribution in [2.24, 2.45) is 0 Å². The summed E-state index contributed by atoms with van der Waals surface area (Å²) in [6.07, 6.45) is 3.63. The number of hydrogen-bond donors (Lipinski definition) is 1. The smallest absolute Gasteiger partial charge is 0.256 e. The van der Waals surface area contributed by atoms with Crippen LogP contribution in [0.5, 0.6) is 0 Å². The van der Waals surface area contributed by atoms with Crippen LogP contribution in [0.25, 0.3) is 27.9 Å². The average Bonchev–Trinajstić information content (AvgIpc) is 3.27. The molecule has 0 aliphatic carbocycles. The molecule has 3 aromatic rings. The predicted octanol–water partition coefficient (Wildman–Crippen LogP) is 4.89. The van der Waals surface area contributed by atoms with E-state index in [9.17, 15) is 9.18 Å². The Labute approximate surface area is 168 Å². The molecule has 0 saturated carbocycles. The number of rotatable bonds is 3. The number of fused-ring (bicyclic) bond motifs is 2. The summed E-state index contributed by atoms with van der Waals surface area (Å²) in [5.74, 6) is -0.538. The minimum absolute atomic E-state index is 0.145. The summed E-state index contributed by atoms with van der Waals surface area (Å²) >= 11 is 0. The molecular weight excluding hydrogens is 369 g/mol. The molecule has 0 radical (unpaired) electrons. The fourth-order valence-corrected chi connectivity index (χ4v) is 4.59. The Morgan fingerprint density at radius 3 is 2.76 bits per heavy atom. The normalized spacial score (nSPS) is 18.1. The van der Waals surface area contributed by atoms with Gasteiger partial charge in [0.15, 0.2) is 5.58 Å². The Kier molecular flexibility index (Phi) is 4.24. The number of nitrogens with zero attached hydrogens (tertiary/aromatic N) is 2. The van der Waals surface area contributed by atoms with E-state index in [0.717, 1.165) is 35.2 Å². The Morgan fingerprint density at radius 1 is 1.17 bits per heavy atom. The highest BCUT2D eigenvalue weighted by molar-refractivity contribution is 6.13. The number of likely N-dealkylation sites (tertiary alicyclic amines) is 1. The molecule has 6 heteroatoms. The Bertz CT molecular complexity index is 1140. The number of nitrogens with one attached hydrogen (secondary N) is 1. The molecule has 0 spiro atoms. The summed E-state index contributed by atoms with van der Waals surface area (Å²) < 4.78 is 19.1. The van der Waals surface area contributed by atoms with Crippen molar-refractivity contribution in [1.82, 2.24) is 15.4 Å². The lowest BCUT2D eigenvalue weighted by molar-refractivity contribution is 0.0981. The van der Waals surface area contributed by atoms with E-state index in [2.05, 4.69) is 28.9 Å². The molecule has 3 heterocycles. The number of hydrogen-bond acceptors (Lipinski definition) is 4. The lowest BCUT2D eigenvalue weighted by atomic mass is 9.88. The fraction of sp³-hybridized carbons (Fsp3) is 0.304. The largest absolute Gasteiger partial charge is 0.356 e. The van der Waals surface area contributed by atoms with E-state index in [4.69, 9.17) is 4.52 Å². The van der Waals surface area contributed by atoms with Crippen LogP contribution in [0.4, 0.5) is 4.39 Å². The zero-order chi connectivity index (χ0) is 20.1. The molecule has 29 heavy (non-hydrogen) atoms. The van der Waals surface area contributed by atoms with E-state index in [-0.39, 0.29) is 17.8 Å². The van der Waals surface area contributed by atoms with Gasteiger partial charge in [-0.1, -0.05) is 24.2 Å². The first-order chi connectivity index (χ1) is 14.0. The van der Waals surface area contributed by atoms with Crippen molar-refractivity contribution in [2.75, 3.05) is 13.1 Å². The number of piperidine rings is 1. The van der Waals surface area contributed by atoms with Crippen molar-refractivity contribution in [2.45, 2.75) is 32.2 Å². The van der Waals surface area contributed by atoms with Crippen molar-refractivity contribution in [3.63, 3.8) is 0 Å². The van der Waals surface area contributed by atoms with Gasteiger partial charge in [0.05, 0.1) is 0 Å². The third-order valence-electron chi connectivity index (χ3n) is 6.11. The van der Waals surface area contributed by atoms with Crippen LogP contribution in [0, 0.1) is 5.82 Å². The third kappa shape index (κ3) is 2.86. The van der Waals surface area contributed by atoms with Gasteiger partial charge in [-0.3, -0.25) is 9.69 Å². The Morgan fingerprint density at radius 2 is 1.97 bits per heavy atom. The van der Waals surface area contributed by atoms with Gasteiger partial charge in [0, 0.05) is 39.9 Å². The monoisotopic (exact) mass is 391 g/mol. The molecule has 1 N–H and O–H groups in total. The standard InChI is InChI=1S/C23H22FN3O2/c1-13-20-18(23(28)25-13)9-8-16(14(2)27-10-4-3-5-11-27)21(20)22-17-7-6-15(24)12-19(17)29-26-22/h6-9,12,14H,1,3-5,10-11H2,2H3,(H,25,28). The minimum atomic E-state index is -0.373. The van der Waals surface area contributed by atoms with Crippen molar-refractivity contribution in [3.05, 3.63) is 59.4 Å². The van der Waals surface area contributed by atoms with Crippen molar-refractivity contribution in [1.29, 1.82) is 0 Å². The molecule has 0 bridgehead atoms. The van der Waals surface area contributed by atoms with Crippen LogP contribution in [0.1, 0.15) is 53.7 Å². The van der Waals surface area contributed by atoms with E-state index in [1.54, 1.807) is 6.07 Å². The van der Waals surface area contributed by atoms with Crippen LogP contribution in [0.3, 0.4) is 0 Å². The van der Waals surface area contributed by atoms with E-state index in [1.165, 1.54) is 31.4 Å². The van der Waals surface area contributed by atoms with Crippen LogP contribution in [0.2, 0.25) is 0 Å². The molecule has 2 aliphatic rings. The van der Waals surface area contributed by atoms with E-state index in [1.807, 2.05) is 12.1 Å². The summed E-state index contributed by atoms with van der Waals surface area (Å²) in [6.45, 7) is 8.33. The number of carbonyl (C=O) groups is 1. The maximum Gasteiger partial charge on any atom is 0.256 e. The third-order valence-corrected chi connectivity index (χ3v) is 6.11. The van der Waals surface area contributed by atoms with Crippen LogP contribution in [0.15, 0.2) is 41.4 Å². The molecule has 5 nitrogen and oxygen atoms in total. The highest BCUT2D eigenvalue weighted by atomic mass is 19.1. The molecule has 1 amide bonds. The maximum absolute atomic E-state index is 13.7. The zero-order valence-electron chi connectivity index (χ0n) is 16.3. The van der Waals surface area contributed by atoms with Crippen LogP contribution in [-0.4, -0.2) is 29.1 Å². The average molecular weight is 391 g/mol. The Balaban J connectivity index is 1.75. The highest BCUT2D eigenvalue weighted by Gasteiger charge is 2.32. The second-order valence-corrected chi connectivity index (χ2v) is 7.83. The second-order valence-electron chi connectivity index (χ2n) is 7.83. The van der Waals surface area contributed by atoms with Gasteiger partial charge < -0.3 is 9.84 Å². The lowest BCUT2D eigenvalue weighted by Gasteiger charge is -2.33. The highest BCUT2D eigenvalue weighted by Crippen LogP contribution is 2.42. The van der Waals surface area contributed by atoms with Gasteiger partial charge in [0.25, 0.3) is 5.91 Å². The molecule has 1 saturated heterocycles. The molecule has 5 rings (SSSR count). The molecule has 1 aromatic heterocycles. The van der Waals surface area contributed by atoms with Crippen molar-refractivity contribution < 1.29 is 13.7 Å². The summed E-state index contributed by atoms with van der Waals surface area (Å²) in [5.41, 5.74) is 4.82. The number of amides is 1. The maximum atomic E-state index is 13.7. The first kappa shape index (κ1) is 18.1. The van der Waals surface area contributed by atoms with Gasteiger partial charge in [-0.25, -0.2) is 4.39 Å². The quantitative estimate of drug-likeness (QED) is 0.690. The number of halogens is 1. The topological polar surface area (TPSA) is 58.4 Å². The minimum Gasteiger partial charge on any atom is -0.356 e. The van der Waals surface area contributed by atoms with Gasteiger partial charge in [-0.05, 0) is 56.6 Å². The molecule has 1 unspecified atom stereocenters. The summed E-state index contributed by atoms with van der Waals surface area (Å²) in [5, 5.41) is 7.83. The SMILES string of the molecule is C=C1NC(=O)c2ccc(C(C)N3CCCCC3)c(-c3noc4cc(F)ccc34)c21. The first-order valence-corrected chi connectivity index (χ1v) is 10.0. The van der Waals surface area contributed by atoms with Crippen LogP contribution >= 0.6 is 0 Å². The summed E-state index contributed by atoms with van der Waals surface area (Å²) in [4.78, 5) is 14.9. The van der Waals surface area contributed by atoms with Gasteiger partial charge in [0.1, 0.15) is 11.5 Å². The summed E-state index contributed by atoms with van der Waals surface area (Å²) in [6, 6.07) is 8.43. The first-order valence-electron chi connectivity index (χ1n) is 10.0. The number of carbonyl (C=O) groups excluding carboxylic acids is 1. The molecule has 1 fully saturated rings.